The lowest BCUT2D eigenvalue weighted by atomic mass is 9.87. The van der Waals surface area contributed by atoms with E-state index in [1.54, 1.807) is 56.7 Å². The van der Waals surface area contributed by atoms with Gasteiger partial charge < -0.3 is 43.8 Å². The van der Waals surface area contributed by atoms with Crippen molar-refractivity contribution in [2.45, 2.75) is 31.1 Å². The number of aliphatic hydroxyl groups excluding tert-OH is 2. The molecule has 0 fully saturated rings. The molecular formula is C35H37IN2O9. The van der Waals surface area contributed by atoms with Crippen LogP contribution in [-0.4, -0.2) is 86.2 Å². The molecule has 3 unspecified atom stereocenters. The summed E-state index contributed by atoms with van der Waals surface area (Å²) in [5, 5.41) is 24.6. The smallest absolute Gasteiger partial charge is 0.289 e. The van der Waals surface area contributed by atoms with Crippen molar-refractivity contribution in [2.24, 2.45) is 0 Å². The number of hydrogen-bond donors (Lipinski definition) is 3. The molecule has 1 heterocycles. The lowest BCUT2D eigenvalue weighted by Crippen LogP contribution is -2.55. The van der Waals surface area contributed by atoms with Crippen LogP contribution < -0.4 is 24.3 Å². The molecule has 0 aliphatic heterocycles. The van der Waals surface area contributed by atoms with E-state index in [1.165, 1.54) is 12.0 Å². The van der Waals surface area contributed by atoms with E-state index in [2.05, 4.69) is 27.9 Å². The largest absolute Gasteiger partial charge is 0.497 e. The number of ether oxygens (including phenoxy) is 4. The second-order valence-electron chi connectivity index (χ2n) is 10.9. The van der Waals surface area contributed by atoms with Crippen LogP contribution in [0.2, 0.25) is 0 Å². The molecule has 1 aliphatic rings. The minimum absolute atomic E-state index is 0.0225. The lowest BCUT2D eigenvalue weighted by molar-refractivity contribution is -0.118. The van der Waals surface area contributed by atoms with Crippen molar-refractivity contribution in [2.75, 3.05) is 41.0 Å². The first-order valence-electron chi connectivity index (χ1n) is 15.0. The molecule has 5 rings (SSSR count). The van der Waals surface area contributed by atoms with Crippen molar-refractivity contribution >= 4 is 45.4 Å². The van der Waals surface area contributed by atoms with Gasteiger partial charge in [-0.2, -0.15) is 0 Å². The normalized spacial score (nSPS) is 17.5. The van der Waals surface area contributed by atoms with Crippen LogP contribution in [0.5, 0.6) is 23.0 Å². The maximum atomic E-state index is 14.5. The summed E-state index contributed by atoms with van der Waals surface area (Å²) in [6.45, 7) is -0.0697. The summed E-state index contributed by atoms with van der Waals surface area (Å²) in [6.07, 6.45) is -0.269. The number of carbonyl (C=O) groups excluding carboxylic acids is 2. The summed E-state index contributed by atoms with van der Waals surface area (Å²) in [4.78, 5) is 29.2. The molecule has 12 heteroatoms. The first-order valence-corrected chi connectivity index (χ1v) is 16.1. The van der Waals surface area contributed by atoms with Crippen molar-refractivity contribution < 1.29 is 43.2 Å². The highest BCUT2D eigenvalue weighted by Gasteiger charge is 2.41. The Hall–Kier alpha value is -4.27. The van der Waals surface area contributed by atoms with Crippen molar-refractivity contribution in [3.8, 4) is 23.0 Å². The molecule has 0 bridgehead atoms. The van der Waals surface area contributed by atoms with Crippen molar-refractivity contribution in [1.82, 2.24) is 10.2 Å². The summed E-state index contributed by atoms with van der Waals surface area (Å²) in [6, 6.07) is 18.8. The number of nitrogens with one attached hydrogen (secondary N) is 1. The van der Waals surface area contributed by atoms with Crippen LogP contribution in [0.4, 0.5) is 0 Å². The van der Waals surface area contributed by atoms with E-state index < -0.39 is 30.1 Å². The number of fused-ring (bicyclic) bond motifs is 1. The molecule has 0 spiro atoms. The summed E-state index contributed by atoms with van der Waals surface area (Å²) in [5.74, 6) is 1.36. The molecular weight excluding hydrogens is 719 g/mol. The molecule has 3 N–H and O–H groups in total. The average molecular weight is 757 g/mol. The number of amides is 2. The fraction of sp³-hybridized carbons (Fsp3) is 0.314. The number of furan rings is 1. The van der Waals surface area contributed by atoms with E-state index >= 15 is 0 Å². The number of hydrogen-bond acceptors (Lipinski definition) is 9. The molecule has 3 atom stereocenters. The van der Waals surface area contributed by atoms with Gasteiger partial charge in [-0.3, -0.25) is 9.59 Å². The highest BCUT2D eigenvalue weighted by molar-refractivity contribution is 14.1. The Morgan fingerprint density at radius 1 is 0.979 bits per heavy atom. The van der Waals surface area contributed by atoms with Crippen LogP contribution in [0.15, 0.2) is 82.8 Å². The van der Waals surface area contributed by atoms with E-state index in [9.17, 15) is 19.8 Å². The maximum absolute atomic E-state index is 14.5. The van der Waals surface area contributed by atoms with Gasteiger partial charge in [0.05, 0.1) is 37.5 Å². The first-order chi connectivity index (χ1) is 22.8. The molecule has 0 saturated heterocycles. The fourth-order valence-electron chi connectivity index (χ4n) is 5.65. The Balaban J connectivity index is 1.56. The quantitative estimate of drug-likeness (QED) is 0.170. The van der Waals surface area contributed by atoms with Gasteiger partial charge in [-0.05, 0) is 83.1 Å². The molecule has 4 aromatic rings. The number of rotatable bonds is 13. The Bertz CT molecular complexity index is 1750. The van der Waals surface area contributed by atoms with E-state index in [4.69, 9.17) is 23.4 Å². The van der Waals surface area contributed by atoms with E-state index in [0.29, 0.717) is 46.0 Å². The molecule has 1 aliphatic carbocycles. The molecule has 2 amide bonds. The zero-order valence-electron chi connectivity index (χ0n) is 26.3. The Kier molecular flexibility index (Phi) is 11.3. The van der Waals surface area contributed by atoms with Gasteiger partial charge in [0, 0.05) is 30.5 Å². The Morgan fingerprint density at radius 2 is 1.74 bits per heavy atom. The molecule has 3 aromatic carbocycles. The SMILES string of the molecule is COc1ccc(OC)c(CCN(C(=O)c2cc3cccc(OC)c3o2)C2CC(C(=O)NCCO)=CC(Oc3ccccc3I)C2O)c1. The summed E-state index contributed by atoms with van der Waals surface area (Å²) in [7, 11) is 4.66. The first kappa shape index (κ1) is 34.1. The molecule has 0 radical (unpaired) electrons. The number of halogens is 1. The fourth-order valence-corrected chi connectivity index (χ4v) is 6.16. The van der Waals surface area contributed by atoms with Gasteiger partial charge in [-0.1, -0.05) is 24.3 Å². The van der Waals surface area contributed by atoms with E-state index in [0.717, 1.165) is 9.13 Å². The number of methoxy groups -OCH3 is 3. The molecule has 47 heavy (non-hydrogen) atoms. The second kappa shape index (κ2) is 15.5. The van der Waals surface area contributed by atoms with Crippen LogP contribution in [0.3, 0.4) is 0 Å². The summed E-state index contributed by atoms with van der Waals surface area (Å²) < 4.78 is 29.6. The van der Waals surface area contributed by atoms with E-state index in [-0.39, 0.29) is 31.9 Å². The van der Waals surface area contributed by atoms with Gasteiger partial charge >= 0.3 is 0 Å². The van der Waals surface area contributed by atoms with Gasteiger partial charge in [0.1, 0.15) is 29.5 Å². The Morgan fingerprint density at radius 3 is 2.47 bits per heavy atom. The summed E-state index contributed by atoms with van der Waals surface area (Å²) >= 11 is 2.14. The topological polar surface area (TPSA) is 140 Å². The van der Waals surface area contributed by atoms with Gasteiger partial charge in [0.2, 0.25) is 5.91 Å². The molecule has 1 aromatic heterocycles. The second-order valence-corrected chi connectivity index (χ2v) is 12.0. The zero-order chi connectivity index (χ0) is 33.5. The summed E-state index contributed by atoms with van der Waals surface area (Å²) in [5.41, 5.74) is 1.51. The van der Waals surface area contributed by atoms with Crippen molar-refractivity contribution in [3.05, 3.63) is 93.3 Å². The van der Waals surface area contributed by atoms with Gasteiger partial charge in [0.15, 0.2) is 17.1 Å². The number of carbonyl (C=O) groups is 2. The third kappa shape index (κ3) is 7.66. The van der Waals surface area contributed by atoms with Crippen LogP contribution >= 0.6 is 22.6 Å². The lowest BCUT2D eigenvalue weighted by Gasteiger charge is -2.40. The highest BCUT2D eigenvalue weighted by atomic mass is 127. The maximum Gasteiger partial charge on any atom is 0.289 e. The monoisotopic (exact) mass is 756 g/mol. The highest BCUT2D eigenvalue weighted by Crippen LogP contribution is 2.34. The number of aliphatic hydroxyl groups is 2. The van der Waals surface area contributed by atoms with Crippen molar-refractivity contribution in [1.29, 1.82) is 0 Å². The third-order valence-corrected chi connectivity index (χ3v) is 8.91. The van der Waals surface area contributed by atoms with Crippen LogP contribution in [0.25, 0.3) is 11.0 Å². The van der Waals surface area contributed by atoms with Crippen LogP contribution in [0, 0.1) is 3.57 Å². The molecule has 11 nitrogen and oxygen atoms in total. The van der Waals surface area contributed by atoms with Crippen molar-refractivity contribution in [3.63, 3.8) is 0 Å². The minimum Gasteiger partial charge on any atom is -0.497 e. The standard InChI is InChI=1S/C35H37IN2O9/c1-43-24-11-12-27(44-2)21(17-24)13-15-38(35(42)31-19-22-7-6-10-29(45-3)33(22)47-31)26-18-23(34(41)37-14-16-39)20-30(32(26)40)46-28-9-5-4-8-25(28)36/h4-12,17,19-20,26,30,32,39-40H,13-16,18H2,1-3H3,(H,37,41). The van der Waals surface area contributed by atoms with Gasteiger partial charge in [0.25, 0.3) is 5.91 Å². The minimum atomic E-state index is -1.23. The zero-order valence-corrected chi connectivity index (χ0v) is 28.4. The van der Waals surface area contributed by atoms with Gasteiger partial charge in [-0.15, -0.1) is 0 Å². The number of nitrogens with zero attached hydrogens (tertiary/aromatic N) is 1. The van der Waals surface area contributed by atoms with Crippen LogP contribution in [-0.2, 0) is 11.2 Å². The third-order valence-electron chi connectivity index (χ3n) is 8.02. The van der Waals surface area contributed by atoms with Crippen LogP contribution in [0.1, 0.15) is 22.5 Å². The van der Waals surface area contributed by atoms with E-state index in [1.807, 2.05) is 30.3 Å². The molecule has 0 saturated carbocycles. The molecule has 248 valence electrons. The predicted octanol–water partition coefficient (Wildman–Crippen LogP) is 4.36. The average Bonchev–Trinajstić information content (AvgIpc) is 3.54. The Labute approximate surface area is 286 Å². The number of benzene rings is 3. The number of para-hydroxylation sites is 2. The predicted molar refractivity (Wildman–Crippen MR) is 183 cm³/mol. The van der Waals surface area contributed by atoms with Gasteiger partial charge in [-0.25, -0.2) is 0 Å².